The number of rotatable bonds is 8. The quantitative estimate of drug-likeness (QED) is 0.565. The van der Waals surface area contributed by atoms with Gasteiger partial charge in [0.1, 0.15) is 5.75 Å². The number of hydrogen-bond donors (Lipinski definition) is 0. The second-order valence-corrected chi connectivity index (χ2v) is 7.63. The highest BCUT2D eigenvalue weighted by atomic mass is 19.4. The predicted octanol–water partition coefficient (Wildman–Crippen LogP) is 4.86. The molecule has 0 radical (unpaired) electrons. The van der Waals surface area contributed by atoms with E-state index in [4.69, 9.17) is 23.7 Å². The highest BCUT2D eigenvalue weighted by Gasteiger charge is 2.34. The van der Waals surface area contributed by atoms with Crippen LogP contribution in [0.4, 0.5) is 13.2 Å². The maximum atomic E-state index is 12.2. The van der Waals surface area contributed by atoms with Gasteiger partial charge in [-0.2, -0.15) is 13.2 Å². The first kappa shape index (κ1) is 22.3. The van der Waals surface area contributed by atoms with Crippen molar-refractivity contribution in [2.75, 3.05) is 33.0 Å². The smallest absolute Gasteiger partial charge is 0.422 e. The Kier molecular flexibility index (Phi) is 8.17. The van der Waals surface area contributed by atoms with Gasteiger partial charge in [0.2, 0.25) is 0 Å². The van der Waals surface area contributed by atoms with Gasteiger partial charge in [0.15, 0.2) is 19.2 Å². The normalized spacial score (nSPS) is 28.3. The molecule has 29 heavy (non-hydrogen) atoms. The second-order valence-electron chi connectivity index (χ2n) is 7.63. The van der Waals surface area contributed by atoms with Gasteiger partial charge in [-0.25, -0.2) is 0 Å². The van der Waals surface area contributed by atoms with Crippen molar-refractivity contribution in [3.63, 3.8) is 0 Å². The highest BCUT2D eigenvalue weighted by Crippen LogP contribution is 2.30. The summed E-state index contributed by atoms with van der Waals surface area (Å²) in [7, 11) is 0. The molecule has 0 N–H and O–H groups in total. The lowest BCUT2D eigenvalue weighted by Crippen LogP contribution is -2.43. The van der Waals surface area contributed by atoms with E-state index in [1.807, 2.05) is 0 Å². The molecule has 3 rings (SSSR count). The molecular weight excluding hydrogens is 389 g/mol. The van der Waals surface area contributed by atoms with Crippen LogP contribution in [0.1, 0.15) is 44.5 Å². The van der Waals surface area contributed by atoms with Crippen LogP contribution >= 0.6 is 0 Å². The zero-order valence-corrected chi connectivity index (χ0v) is 16.7. The lowest BCUT2D eigenvalue weighted by atomic mass is 10.0. The molecule has 0 unspecified atom stereocenters. The van der Waals surface area contributed by atoms with E-state index in [9.17, 15) is 13.2 Å². The number of ether oxygens (including phenoxy) is 5. The van der Waals surface area contributed by atoms with E-state index in [1.165, 1.54) is 31.4 Å². The van der Waals surface area contributed by atoms with Crippen LogP contribution in [0.5, 0.6) is 5.75 Å². The molecule has 0 aromatic heterocycles. The van der Waals surface area contributed by atoms with Crippen molar-refractivity contribution in [1.82, 2.24) is 0 Å². The highest BCUT2D eigenvalue weighted by molar-refractivity contribution is 5.28. The Morgan fingerprint density at radius 2 is 1.59 bits per heavy atom. The van der Waals surface area contributed by atoms with Gasteiger partial charge in [0, 0.05) is 11.5 Å². The van der Waals surface area contributed by atoms with Crippen LogP contribution in [0.25, 0.3) is 0 Å². The minimum absolute atomic E-state index is 0.00256. The standard InChI is InChI=1S/C21H29F3O5/c1-2-3-4-5-15-10-25-20(26-11-15)17-12-27-19(28-13-17)16-6-8-18(9-7-16)29-14-21(22,23)24/h6-9,15,17,19-20H,2-5,10-14H2,1H3. The van der Waals surface area contributed by atoms with Crippen molar-refractivity contribution in [1.29, 1.82) is 0 Å². The Morgan fingerprint density at radius 1 is 0.931 bits per heavy atom. The van der Waals surface area contributed by atoms with E-state index in [2.05, 4.69) is 6.92 Å². The van der Waals surface area contributed by atoms with Gasteiger partial charge in [0.05, 0.1) is 32.3 Å². The Morgan fingerprint density at radius 3 is 2.17 bits per heavy atom. The average molecular weight is 418 g/mol. The summed E-state index contributed by atoms with van der Waals surface area (Å²) in [5.41, 5.74) is 0.726. The molecule has 2 saturated heterocycles. The maximum absolute atomic E-state index is 12.2. The van der Waals surface area contributed by atoms with Crippen molar-refractivity contribution < 1.29 is 36.9 Å². The summed E-state index contributed by atoms with van der Waals surface area (Å²) in [6.07, 6.45) is -0.467. The third-order valence-electron chi connectivity index (χ3n) is 5.07. The molecule has 2 aliphatic rings. The van der Waals surface area contributed by atoms with E-state index in [0.717, 1.165) is 12.0 Å². The first-order valence-corrected chi connectivity index (χ1v) is 10.2. The molecule has 1 aromatic carbocycles. The number of alkyl halides is 3. The van der Waals surface area contributed by atoms with E-state index in [-0.39, 0.29) is 18.0 Å². The summed E-state index contributed by atoms with van der Waals surface area (Å²) in [4.78, 5) is 0. The molecule has 2 heterocycles. The van der Waals surface area contributed by atoms with Crippen LogP contribution in [0.3, 0.4) is 0 Å². The van der Waals surface area contributed by atoms with E-state index in [0.29, 0.717) is 32.3 Å². The summed E-state index contributed by atoms with van der Waals surface area (Å²) >= 11 is 0. The SMILES string of the molecule is CCCCCC1COC(C2COC(c3ccc(OCC(F)(F)F)cc3)OC2)OC1. The molecule has 2 aliphatic heterocycles. The van der Waals surface area contributed by atoms with Crippen molar-refractivity contribution in [2.24, 2.45) is 11.8 Å². The first-order chi connectivity index (χ1) is 13.9. The van der Waals surface area contributed by atoms with Crippen molar-refractivity contribution in [2.45, 2.75) is 51.4 Å². The Labute approximate surface area is 169 Å². The average Bonchev–Trinajstić information content (AvgIpc) is 2.73. The van der Waals surface area contributed by atoms with Crippen LogP contribution < -0.4 is 4.74 Å². The summed E-state index contributed by atoms with van der Waals surface area (Å²) in [6.45, 7) is 3.15. The number of hydrogen-bond acceptors (Lipinski definition) is 5. The van der Waals surface area contributed by atoms with Gasteiger partial charge in [0.25, 0.3) is 0 Å². The molecular formula is C21H29F3O5. The number of benzene rings is 1. The molecule has 2 fully saturated rings. The van der Waals surface area contributed by atoms with Gasteiger partial charge in [-0.3, -0.25) is 0 Å². The van der Waals surface area contributed by atoms with Crippen molar-refractivity contribution >= 4 is 0 Å². The largest absolute Gasteiger partial charge is 0.484 e. The molecule has 0 atom stereocenters. The molecule has 0 spiro atoms. The van der Waals surface area contributed by atoms with Gasteiger partial charge in [-0.05, 0) is 18.6 Å². The van der Waals surface area contributed by atoms with E-state index in [1.54, 1.807) is 12.1 Å². The summed E-state index contributed by atoms with van der Waals surface area (Å²) in [5, 5.41) is 0. The van der Waals surface area contributed by atoms with Crippen molar-refractivity contribution in [3.8, 4) is 5.75 Å². The summed E-state index contributed by atoms with van der Waals surface area (Å²) < 4.78 is 64.7. The van der Waals surface area contributed by atoms with Crippen LogP contribution in [0, 0.1) is 11.8 Å². The summed E-state index contributed by atoms with van der Waals surface area (Å²) in [6, 6.07) is 6.24. The van der Waals surface area contributed by atoms with Gasteiger partial charge < -0.3 is 23.7 Å². The molecule has 5 nitrogen and oxygen atoms in total. The Bertz CT molecular complexity index is 591. The van der Waals surface area contributed by atoms with Gasteiger partial charge in [-0.1, -0.05) is 38.3 Å². The van der Waals surface area contributed by atoms with Gasteiger partial charge >= 0.3 is 6.18 Å². The number of halogens is 3. The predicted molar refractivity (Wildman–Crippen MR) is 99.5 cm³/mol. The van der Waals surface area contributed by atoms with Crippen LogP contribution in [0.15, 0.2) is 24.3 Å². The second kappa shape index (κ2) is 10.6. The fourth-order valence-corrected chi connectivity index (χ4v) is 3.43. The maximum Gasteiger partial charge on any atom is 0.422 e. The monoisotopic (exact) mass is 418 g/mol. The van der Waals surface area contributed by atoms with Gasteiger partial charge in [-0.15, -0.1) is 0 Å². The zero-order valence-electron chi connectivity index (χ0n) is 16.7. The Hall–Kier alpha value is -1.35. The van der Waals surface area contributed by atoms with Crippen LogP contribution in [-0.4, -0.2) is 45.5 Å². The third kappa shape index (κ3) is 7.13. The molecule has 164 valence electrons. The molecule has 0 aliphatic carbocycles. The lowest BCUT2D eigenvalue weighted by molar-refractivity contribution is -0.283. The fraction of sp³-hybridized carbons (Fsp3) is 0.714. The van der Waals surface area contributed by atoms with E-state index < -0.39 is 19.1 Å². The fourth-order valence-electron chi connectivity index (χ4n) is 3.43. The van der Waals surface area contributed by atoms with E-state index >= 15 is 0 Å². The minimum atomic E-state index is -4.36. The zero-order chi connectivity index (χ0) is 20.7. The minimum Gasteiger partial charge on any atom is -0.484 e. The lowest BCUT2D eigenvalue weighted by Gasteiger charge is -2.37. The molecule has 1 aromatic rings. The summed E-state index contributed by atoms with van der Waals surface area (Å²) in [5.74, 6) is 0.601. The molecule has 8 heteroatoms. The van der Waals surface area contributed by atoms with Crippen LogP contribution in [-0.2, 0) is 18.9 Å². The number of unbranched alkanes of at least 4 members (excludes halogenated alkanes) is 2. The molecule has 0 amide bonds. The molecule has 0 bridgehead atoms. The topological polar surface area (TPSA) is 46.2 Å². The first-order valence-electron chi connectivity index (χ1n) is 10.2. The Balaban J connectivity index is 1.39. The van der Waals surface area contributed by atoms with Crippen LogP contribution in [0.2, 0.25) is 0 Å². The molecule has 0 saturated carbocycles. The third-order valence-corrected chi connectivity index (χ3v) is 5.07. The van der Waals surface area contributed by atoms with Crippen molar-refractivity contribution in [3.05, 3.63) is 29.8 Å².